The largest absolute Gasteiger partial charge is 0.392 e. The van der Waals surface area contributed by atoms with E-state index in [0.717, 1.165) is 35.7 Å². The van der Waals surface area contributed by atoms with E-state index in [1.807, 2.05) is 18.2 Å². The van der Waals surface area contributed by atoms with E-state index in [9.17, 15) is 0 Å². The van der Waals surface area contributed by atoms with Gasteiger partial charge in [-0.3, -0.25) is 0 Å². The molecular formula is C14H23NO2. The molecule has 1 aromatic carbocycles. The van der Waals surface area contributed by atoms with Crippen molar-refractivity contribution in [2.24, 2.45) is 5.92 Å². The summed E-state index contributed by atoms with van der Waals surface area (Å²) in [5, 5.41) is 21.6. The van der Waals surface area contributed by atoms with E-state index < -0.39 is 0 Å². The van der Waals surface area contributed by atoms with Crippen molar-refractivity contribution in [1.82, 2.24) is 0 Å². The number of aliphatic hydroxyl groups is 2. The first-order valence-electron chi connectivity index (χ1n) is 6.28. The summed E-state index contributed by atoms with van der Waals surface area (Å²) < 4.78 is 0. The first-order valence-corrected chi connectivity index (χ1v) is 6.28. The average molecular weight is 237 g/mol. The van der Waals surface area contributed by atoms with Crippen LogP contribution < -0.4 is 5.32 Å². The molecule has 1 aromatic rings. The summed E-state index contributed by atoms with van der Waals surface area (Å²) in [5.74, 6) is 0.723. The van der Waals surface area contributed by atoms with E-state index in [4.69, 9.17) is 10.2 Å². The summed E-state index contributed by atoms with van der Waals surface area (Å²) in [6.45, 7) is 5.38. The zero-order valence-corrected chi connectivity index (χ0v) is 10.7. The molecule has 3 nitrogen and oxygen atoms in total. The third kappa shape index (κ3) is 4.75. The van der Waals surface area contributed by atoms with Crippen molar-refractivity contribution < 1.29 is 10.2 Å². The van der Waals surface area contributed by atoms with E-state index in [1.165, 1.54) is 6.42 Å². The van der Waals surface area contributed by atoms with Crippen molar-refractivity contribution in [3.8, 4) is 0 Å². The molecule has 0 spiro atoms. The Kier molecular flexibility index (Phi) is 6.01. The predicted octanol–water partition coefficient (Wildman–Crippen LogP) is 2.52. The number of rotatable bonds is 7. The molecule has 0 bridgehead atoms. The summed E-state index contributed by atoms with van der Waals surface area (Å²) in [7, 11) is 0. The zero-order chi connectivity index (χ0) is 12.7. The summed E-state index contributed by atoms with van der Waals surface area (Å²) in [6.07, 6.45) is 2.33. The Bertz CT molecular complexity index is 317. The molecule has 0 aliphatic rings. The van der Waals surface area contributed by atoms with Gasteiger partial charge < -0.3 is 15.5 Å². The van der Waals surface area contributed by atoms with E-state index in [2.05, 4.69) is 19.2 Å². The molecule has 0 saturated heterocycles. The Labute approximate surface area is 103 Å². The SMILES string of the molecule is CCC(C)CCNc1cc(CO)cc(CO)c1. The van der Waals surface area contributed by atoms with Crippen molar-refractivity contribution in [3.63, 3.8) is 0 Å². The molecule has 0 heterocycles. The molecule has 3 heteroatoms. The first kappa shape index (κ1) is 14.0. The minimum atomic E-state index is 0.00782. The van der Waals surface area contributed by atoms with Crippen molar-refractivity contribution in [2.75, 3.05) is 11.9 Å². The van der Waals surface area contributed by atoms with Crippen LogP contribution in [0.4, 0.5) is 5.69 Å². The summed E-state index contributed by atoms with van der Waals surface area (Å²) >= 11 is 0. The Balaban J connectivity index is 2.57. The Morgan fingerprint density at radius 1 is 1.12 bits per heavy atom. The number of hydrogen-bond acceptors (Lipinski definition) is 3. The zero-order valence-electron chi connectivity index (χ0n) is 10.7. The van der Waals surface area contributed by atoms with Gasteiger partial charge in [0.05, 0.1) is 13.2 Å². The fourth-order valence-corrected chi connectivity index (χ4v) is 1.71. The monoisotopic (exact) mass is 237 g/mol. The summed E-state index contributed by atoms with van der Waals surface area (Å²) in [5.41, 5.74) is 2.65. The molecule has 0 radical (unpaired) electrons. The van der Waals surface area contributed by atoms with Crippen LogP contribution >= 0.6 is 0 Å². The van der Waals surface area contributed by atoms with Crippen molar-refractivity contribution in [2.45, 2.75) is 39.9 Å². The van der Waals surface area contributed by atoms with Crippen LogP contribution in [0.3, 0.4) is 0 Å². The first-order chi connectivity index (χ1) is 8.19. The van der Waals surface area contributed by atoms with Gasteiger partial charge in [-0.15, -0.1) is 0 Å². The van der Waals surface area contributed by atoms with Gasteiger partial charge in [0.25, 0.3) is 0 Å². The third-order valence-electron chi connectivity index (χ3n) is 3.08. The van der Waals surface area contributed by atoms with Gasteiger partial charge in [-0.2, -0.15) is 0 Å². The molecule has 1 unspecified atom stereocenters. The second-order valence-electron chi connectivity index (χ2n) is 4.58. The van der Waals surface area contributed by atoms with Crippen LogP contribution in [0.25, 0.3) is 0 Å². The lowest BCUT2D eigenvalue weighted by Gasteiger charge is -2.12. The number of anilines is 1. The number of nitrogens with one attached hydrogen (secondary N) is 1. The summed E-state index contributed by atoms with van der Waals surface area (Å²) in [4.78, 5) is 0. The molecule has 0 fully saturated rings. The molecule has 0 aliphatic heterocycles. The normalized spacial score (nSPS) is 12.5. The fourth-order valence-electron chi connectivity index (χ4n) is 1.71. The molecule has 17 heavy (non-hydrogen) atoms. The number of hydrogen-bond donors (Lipinski definition) is 3. The van der Waals surface area contributed by atoms with Crippen LogP contribution in [0.5, 0.6) is 0 Å². The molecule has 0 aromatic heterocycles. The quantitative estimate of drug-likeness (QED) is 0.683. The van der Waals surface area contributed by atoms with E-state index in [1.54, 1.807) is 0 Å². The maximum Gasteiger partial charge on any atom is 0.0682 e. The molecule has 0 aliphatic carbocycles. The maximum absolute atomic E-state index is 9.12. The number of benzene rings is 1. The molecular weight excluding hydrogens is 214 g/mol. The van der Waals surface area contributed by atoms with Crippen LogP contribution in [-0.4, -0.2) is 16.8 Å². The van der Waals surface area contributed by atoms with Crippen molar-refractivity contribution >= 4 is 5.69 Å². The second kappa shape index (κ2) is 7.30. The van der Waals surface area contributed by atoms with Gasteiger partial charge in [0.1, 0.15) is 0 Å². The predicted molar refractivity (Wildman–Crippen MR) is 70.8 cm³/mol. The third-order valence-corrected chi connectivity index (χ3v) is 3.08. The molecule has 0 saturated carbocycles. The van der Waals surface area contributed by atoms with Crippen LogP contribution in [0.1, 0.15) is 37.8 Å². The molecule has 1 rings (SSSR count). The van der Waals surface area contributed by atoms with Gasteiger partial charge in [0, 0.05) is 12.2 Å². The van der Waals surface area contributed by atoms with Gasteiger partial charge in [-0.25, -0.2) is 0 Å². The summed E-state index contributed by atoms with van der Waals surface area (Å²) in [6, 6.07) is 5.67. The lowest BCUT2D eigenvalue weighted by atomic mass is 10.1. The van der Waals surface area contributed by atoms with Gasteiger partial charge >= 0.3 is 0 Å². The van der Waals surface area contributed by atoms with E-state index >= 15 is 0 Å². The van der Waals surface area contributed by atoms with Gasteiger partial charge in [-0.05, 0) is 35.6 Å². The molecule has 1 atom stereocenters. The molecule has 96 valence electrons. The average Bonchev–Trinajstić information content (AvgIpc) is 2.37. The van der Waals surface area contributed by atoms with Crippen LogP contribution in [0, 0.1) is 5.92 Å². The van der Waals surface area contributed by atoms with Crippen LogP contribution in [-0.2, 0) is 13.2 Å². The van der Waals surface area contributed by atoms with Crippen molar-refractivity contribution in [1.29, 1.82) is 0 Å². The Hall–Kier alpha value is -1.06. The minimum Gasteiger partial charge on any atom is -0.392 e. The smallest absolute Gasteiger partial charge is 0.0682 e. The maximum atomic E-state index is 9.12. The number of aliphatic hydroxyl groups excluding tert-OH is 2. The van der Waals surface area contributed by atoms with Crippen LogP contribution in [0.15, 0.2) is 18.2 Å². The highest BCUT2D eigenvalue weighted by Gasteiger charge is 2.01. The lowest BCUT2D eigenvalue weighted by Crippen LogP contribution is -2.07. The standard InChI is InChI=1S/C14H23NO2/c1-3-11(2)4-5-15-14-7-12(9-16)6-13(8-14)10-17/h6-8,11,15-17H,3-5,9-10H2,1-2H3. The highest BCUT2D eigenvalue weighted by molar-refractivity contribution is 5.48. The Morgan fingerprint density at radius 2 is 1.71 bits per heavy atom. The molecule has 0 amide bonds. The van der Waals surface area contributed by atoms with Gasteiger partial charge in [0.15, 0.2) is 0 Å². The fraction of sp³-hybridized carbons (Fsp3) is 0.571. The van der Waals surface area contributed by atoms with Crippen LogP contribution in [0.2, 0.25) is 0 Å². The highest BCUT2D eigenvalue weighted by Crippen LogP contribution is 2.16. The van der Waals surface area contributed by atoms with E-state index in [-0.39, 0.29) is 13.2 Å². The van der Waals surface area contributed by atoms with Gasteiger partial charge in [-0.1, -0.05) is 26.3 Å². The Morgan fingerprint density at radius 3 is 2.18 bits per heavy atom. The van der Waals surface area contributed by atoms with Gasteiger partial charge in [0.2, 0.25) is 0 Å². The molecule has 3 N–H and O–H groups in total. The topological polar surface area (TPSA) is 52.5 Å². The minimum absolute atomic E-state index is 0.00782. The lowest BCUT2D eigenvalue weighted by molar-refractivity contribution is 0.275. The highest BCUT2D eigenvalue weighted by atomic mass is 16.3. The van der Waals surface area contributed by atoms with Crippen molar-refractivity contribution in [3.05, 3.63) is 29.3 Å². The second-order valence-corrected chi connectivity index (χ2v) is 4.58. The van der Waals surface area contributed by atoms with E-state index in [0.29, 0.717) is 0 Å².